The molecule has 0 aliphatic carbocycles. The smallest absolute Gasteiger partial charge is 0.292 e. The molecule has 9 nitrogen and oxygen atoms in total. The van der Waals surface area contributed by atoms with E-state index in [1.165, 1.54) is 26.3 Å². The summed E-state index contributed by atoms with van der Waals surface area (Å²) in [4.78, 5) is 29.4. The zero-order valence-electron chi connectivity index (χ0n) is 16.6. The van der Waals surface area contributed by atoms with Crippen LogP contribution in [0.5, 0.6) is 17.2 Å². The lowest BCUT2D eigenvalue weighted by Gasteiger charge is -2.30. The molecule has 9 heteroatoms. The van der Waals surface area contributed by atoms with E-state index in [-0.39, 0.29) is 11.7 Å². The number of amidine groups is 1. The Morgan fingerprint density at radius 1 is 1.07 bits per heavy atom. The van der Waals surface area contributed by atoms with Crippen LogP contribution in [0.1, 0.15) is 6.92 Å². The highest BCUT2D eigenvalue weighted by molar-refractivity contribution is 6.43. The fraction of sp³-hybridized carbons (Fsp3) is 0.250. The summed E-state index contributed by atoms with van der Waals surface area (Å²) in [5.74, 6) is 0.440. The van der Waals surface area contributed by atoms with Crippen molar-refractivity contribution in [3.8, 4) is 17.2 Å². The lowest BCUT2D eigenvalue weighted by Crippen LogP contribution is -2.57. The van der Waals surface area contributed by atoms with E-state index in [1.54, 1.807) is 43.3 Å². The fourth-order valence-electron chi connectivity index (χ4n) is 2.85. The highest BCUT2D eigenvalue weighted by Crippen LogP contribution is 2.39. The number of aliphatic imine (C=N–C) groups is 1. The van der Waals surface area contributed by atoms with E-state index in [1.807, 2.05) is 6.07 Å². The second-order valence-electron chi connectivity index (χ2n) is 6.14. The van der Waals surface area contributed by atoms with Crippen molar-refractivity contribution in [1.29, 1.82) is 0 Å². The van der Waals surface area contributed by atoms with Gasteiger partial charge in [-0.25, -0.2) is 10.0 Å². The summed E-state index contributed by atoms with van der Waals surface area (Å²) >= 11 is 0. The number of carbonyl (C=O) groups is 2. The van der Waals surface area contributed by atoms with Crippen LogP contribution in [0.25, 0.3) is 0 Å². The van der Waals surface area contributed by atoms with Crippen molar-refractivity contribution in [3.05, 3.63) is 42.5 Å². The van der Waals surface area contributed by atoms with Gasteiger partial charge in [0.15, 0.2) is 11.5 Å². The van der Waals surface area contributed by atoms with Crippen molar-refractivity contribution < 1.29 is 23.8 Å². The van der Waals surface area contributed by atoms with Gasteiger partial charge >= 0.3 is 0 Å². The van der Waals surface area contributed by atoms with Crippen LogP contribution >= 0.6 is 0 Å². The number of ether oxygens (including phenoxy) is 3. The van der Waals surface area contributed by atoms with Crippen LogP contribution in [-0.2, 0) is 9.59 Å². The van der Waals surface area contributed by atoms with Gasteiger partial charge in [-0.2, -0.15) is 0 Å². The summed E-state index contributed by atoms with van der Waals surface area (Å²) in [6.07, 6.45) is 0. The molecule has 2 N–H and O–H groups in total. The number of nitrogens with zero attached hydrogens (tertiary/aromatic N) is 2. The van der Waals surface area contributed by atoms with E-state index in [0.29, 0.717) is 28.6 Å². The second-order valence-corrected chi connectivity index (χ2v) is 6.14. The molecular formula is C20H22N4O5. The summed E-state index contributed by atoms with van der Waals surface area (Å²) in [5, 5.41) is 4.04. The average Bonchev–Trinajstić information content (AvgIpc) is 2.75. The van der Waals surface area contributed by atoms with Crippen molar-refractivity contribution in [2.24, 2.45) is 4.99 Å². The fourth-order valence-corrected chi connectivity index (χ4v) is 2.85. The standard InChI is InChI=1S/C20H22N4O5/c1-12-20(26)24(14-8-6-5-7-9-14)23-18(21-12)19(25)22-13-10-15(27-2)17(29-4)16(11-13)28-3/h5-12H,1-4H3,(H,21,23)(H,22,25). The Kier molecular flexibility index (Phi) is 5.87. The summed E-state index contributed by atoms with van der Waals surface area (Å²) in [6.45, 7) is 1.63. The number of anilines is 2. The van der Waals surface area contributed by atoms with Crippen molar-refractivity contribution in [3.63, 3.8) is 0 Å². The van der Waals surface area contributed by atoms with Gasteiger partial charge in [-0.1, -0.05) is 18.2 Å². The van der Waals surface area contributed by atoms with Crippen LogP contribution in [0.2, 0.25) is 0 Å². The Balaban J connectivity index is 1.85. The topological polar surface area (TPSA) is 101 Å². The highest BCUT2D eigenvalue weighted by Gasteiger charge is 2.31. The Bertz CT molecular complexity index is 920. The maximum Gasteiger partial charge on any atom is 0.292 e. The number of methoxy groups -OCH3 is 3. The number of nitrogens with one attached hydrogen (secondary N) is 2. The Morgan fingerprint density at radius 3 is 2.24 bits per heavy atom. The quantitative estimate of drug-likeness (QED) is 0.772. The minimum Gasteiger partial charge on any atom is -0.493 e. The first kappa shape index (κ1) is 20.0. The average molecular weight is 398 g/mol. The lowest BCUT2D eigenvalue weighted by molar-refractivity contribution is -0.120. The van der Waals surface area contributed by atoms with E-state index in [9.17, 15) is 9.59 Å². The molecule has 0 saturated heterocycles. The van der Waals surface area contributed by atoms with Gasteiger partial charge in [0.2, 0.25) is 11.6 Å². The number of amides is 2. The first-order valence-corrected chi connectivity index (χ1v) is 8.83. The van der Waals surface area contributed by atoms with Gasteiger partial charge < -0.3 is 19.5 Å². The molecule has 1 unspecified atom stereocenters. The van der Waals surface area contributed by atoms with E-state index < -0.39 is 11.9 Å². The van der Waals surface area contributed by atoms with Gasteiger partial charge in [-0.05, 0) is 19.1 Å². The minimum absolute atomic E-state index is 0.00899. The number of rotatable bonds is 6. The van der Waals surface area contributed by atoms with E-state index >= 15 is 0 Å². The molecule has 29 heavy (non-hydrogen) atoms. The van der Waals surface area contributed by atoms with E-state index in [0.717, 1.165) is 0 Å². The van der Waals surface area contributed by atoms with Crippen molar-refractivity contribution >= 4 is 29.0 Å². The molecule has 2 amide bonds. The van der Waals surface area contributed by atoms with E-state index in [2.05, 4.69) is 15.7 Å². The van der Waals surface area contributed by atoms with Gasteiger partial charge in [0, 0.05) is 17.8 Å². The largest absolute Gasteiger partial charge is 0.493 e. The third-order valence-corrected chi connectivity index (χ3v) is 4.27. The third-order valence-electron chi connectivity index (χ3n) is 4.27. The van der Waals surface area contributed by atoms with Crippen molar-refractivity contribution in [1.82, 2.24) is 5.43 Å². The number of hydrogen-bond acceptors (Lipinski definition) is 7. The van der Waals surface area contributed by atoms with Crippen LogP contribution in [-0.4, -0.2) is 45.0 Å². The summed E-state index contributed by atoms with van der Waals surface area (Å²) in [7, 11) is 4.47. The predicted molar refractivity (Wildman–Crippen MR) is 109 cm³/mol. The molecule has 0 radical (unpaired) electrons. The van der Waals surface area contributed by atoms with Gasteiger partial charge in [0.05, 0.1) is 27.0 Å². The lowest BCUT2D eigenvalue weighted by atomic mass is 10.2. The Hall–Kier alpha value is -3.75. The number of hydrogen-bond donors (Lipinski definition) is 2. The molecule has 3 rings (SSSR count). The van der Waals surface area contributed by atoms with Crippen LogP contribution in [0.4, 0.5) is 11.4 Å². The number of benzene rings is 2. The highest BCUT2D eigenvalue weighted by atomic mass is 16.5. The molecule has 2 aromatic carbocycles. The summed E-state index contributed by atoms with van der Waals surface area (Å²) in [6, 6.07) is 11.5. The van der Waals surface area contributed by atoms with Crippen LogP contribution < -0.4 is 30.0 Å². The molecule has 0 aromatic heterocycles. The van der Waals surface area contributed by atoms with Gasteiger partial charge in [-0.3, -0.25) is 15.0 Å². The Morgan fingerprint density at radius 2 is 1.69 bits per heavy atom. The van der Waals surface area contributed by atoms with Gasteiger partial charge in [-0.15, -0.1) is 0 Å². The number of hydrazine groups is 1. The first-order chi connectivity index (χ1) is 14.0. The normalized spacial score (nSPS) is 15.9. The molecule has 1 heterocycles. The van der Waals surface area contributed by atoms with Crippen LogP contribution in [0, 0.1) is 0 Å². The minimum atomic E-state index is -0.711. The molecule has 0 saturated carbocycles. The molecule has 0 spiro atoms. The van der Waals surface area contributed by atoms with Gasteiger partial charge in [0.1, 0.15) is 6.04 Å². The molecule has 2 aromatic rings. The molecular weight excluding hydrogens is 376 g/mol. The molecule has 152 valence electrons. The molecule has 0 fully saturated rings. The SMILES string of the molecule is COc1cc(NC(=O)C2=NC(C)C(=O)N(c3ccccc3)N2)cc(OC)c1OC. The molecule has 0 bridgehead atoms. The second kappa shape index (κ2) is 8.51. The van der Waals surface area contributed by atoms with Crippen molar-refractivity contribution in [2.75, 3.05) is 31.7 Å². The maximum absolute atomic E-state index is 12.8. The van der Waals surface area contributed by atoms with Crippen LogP contribution in [0.15, 0.2) is 47.5 Å². The third kappa shape index (κ3) is 4.08. The summed E-state index contributed by atoms with van der Waals surface area (Å²) < 4.78 is 15.9. The van der Waals surface area contributed by atoms with E-state index in [4.69, 9.17) is 14.2 Å². The predicted octanol–water partition coefficient (Wildman–Crippen LogP) is 1.99. The zero-order valence-corrected chi connectivity index (χ0v) is 16.6. The zero-order chi connectivity index (χ0) is 21.0. The van der Waals surface area contributed by atoms with Crippen LogP contribution in [0.3, 0.4) is 0 Å². The monoisotopic (exact) mass is 398 g/mol. The Labute approximate surface area is 168 Å². The number of para-hydroxylation sites is 1. The van der Waals surface area contributed by atoms with Gasteiger partial charge in [0.25, 0.3) is 11.8 Å². The summed E-state index contributed by atoms with van der Waals surface area (Å²) in [5.41, 5.74) is 3.81. The molecule has 1 atom stereocenters. The first-order valence-electron chi connectivity index (χ1n) is 8.83. The number of carbonyl (C=O) groups excluding carboxylic acids is 2. The molecule has 1 aliphatic heterocycles. The maximum atomic E-state index is 12.8. The van der Waals surface area contributed by atoms with Crippen molar-refractivity contribution in [2.45, 2.75) is 13.0 Å². The molecule has 1 aliphatic rings.